The van der Waals surface area contributed by atoms with E-state index < -0.39 is 10.0 Å². The summed E-state index contributed by atoms with van der Waals surface area (Å²) in [6.07, 6.45) is 6.60. The Balaban J connectivity index is 1.95. The molecule has 1 fully saturated rings. The van der Waals surface area contributed by atoms with Crippen molar-refractivity contribution in [3.63, 3.8) is 0 Å². The van der Waals surface area contributed by atoms with E-state index in [4.69, 9.17) is 5.26 Å². The summed E-state index contributed by atoms with van der Waals surface area (Å²) in [5.74, 6) is 0.708. The largest absolute Gasteiger partial charge is 0.279 e. The van der Waals surface area contributed by atoms with E-state index in [0.29, 0.717) is 18.0 Å². The number of nitrogens with zero attached hydrogens (tertiary/aromatic N) is 2. The van der Waals surface area contributed by atoms with Crippen LogP contribution in [-0.4, -0.2) is 24.4 Å². The zero-order chi connectivity index (χ0) is 14.6. The molecule has 7 heteroatoms. The Bertz CT molecular complexity index is 594. The number of aryl methyl sites for hydroxylation is 1. The molecule has 0 aliphatic heterocycles. The van der Waals surface area contributed by atoms with E-state index in [0.717, 1.165) is 12.8 Å². The second kappa shape index (κ2) is 6.27. The van der Waals surface area contributed by atoms with Gasteiger partial charge in [-0.2, -0.15) is 10.4 Å². The van der Waals surface area contributed by atoms with Crippen molar-refractivity contribution in [2.75, 3.05) is 10.5 Å². The Kier molecular flexibility index (Phi) is 4.65. The number of hydrogen-bond acceptors (Lipinski definition) is 4. The molecule has 2 N–H and O–H groups in total. The van der Waals surface area contributed by atoms with Crippen LogP contribution in [0.5, 0.6) is 0 Å². The molecular weight excluding hydrogens is 276 g/mol. The fourth-order valence-electron chi connectivity index (χ4n) is 2.64. The summed E-state index contributed by atoms with van der Waals surface area (Å²) in [6, 6.07) is 1.95. The van der Waals surface area contributed by atoms with Gasteiger partial charge in [0.2, 0.25) is 10.0 Å². The number of anilines is 1. The highest BCUT2D eigenvalue weighted by atomic mass is 32.2. The van der Waals surface area contributed by atoms with Gasteiger partial charge in [-0.25, -0.2) is 8.42 Å². The summed E-state index contributed by atoms with van der Waals surface area (Å²) >= 11 is 0. The predicted octanol–water partition coefficient (Wildman–Crippen LogP) is 2.30. The van der Waals surface area contributed by atoms with E-state index in [2.05, 4.69) is 14.9 Å². The maximum atomic E-state index is 12.0. The topological polar surface area (TPSA) is 98.6 Å². The molecular formula is C13H20N4O2S. The molecule has 0 spiro atoms. The molecule has 0 saturated heterocycles. The standard InChI is InChI=1S/C13H20N4O2S/c1-10-12(9-14)13(16-15-10)17-20(18,19)8-7-11-5-3-2-4-6-11/h11H,2-8H2,1H3,(H2,15,16,17). The number of H-pyrrole nitrogens is 1. The van der Waals surface area contributed by atoms with Crippen molar-refractivity contribution >= 4 is 15.8 Å². The molecule has 0 radical (unpaired) electrons. The summed E-state index contributed by atoms with van der Waals surface area (Å²) in [5.41, 5.74) is 0.823. The van der Waals surface area contributed by atoms with Crippen LogP contribution in [0, 0.1) is 24.2 Å². The minimum atomic E-state index is -3.44. The van der Waals surface area contributed by atoms with Crippen LogP contribution in [0.3, 0.4) is 0 Å². The van der Waals surface area contributed by atoms with Gasteiger partial charge in [-0.15, -0.1) is 0 Å². The van der Waals surface area contributed by atoms with E-state index >= 15 is 0 Å². The first-order valence-corrected chi connectivity index (χ1v) is 8.62. The van der Waals surface area contributed by atoms with Crippen molar-refractivity contribution in [2.24, 2.45) is 5.92 Å². The molecule has 0 unspecified atom stereocenters. The van der Waals surface area contributed by atoms with Gasteiger partial charge in [0.1, 0.15) is 11.6 Å². The maximum Gasteiger partial charge on any atom is 0.233 e. The summed E-state index contributed by atoms with van der Waals surface area (Å²) in [4.78, 5) is 0. The third kappa shape index (κ3) is 3.73. The Morgan fingerprint density at radius 1 is 1.40 bits per heavy atom. The van der Waals surface area contributed by atoms with Gasteiger partial charge in [0.25, 0.3) is 0 Å². The molecule has 1 aliphatic carbocycles. The van der Waals surface area contributed by atoms with Crippen molar-refractivity contribution in [1.82, 2.24) is 10.2 Å². The van der Waals surface area contributed by atoms with Crippen LogP contribution >= 0.6 is 0 Å². The van der Waals surface area contributed by atoms with Gasteiger partial charge in [0.15, 0.2) is 5.82 Å². The molecule has 110 valence electrons. The summed E-state index contributed by atoms with van der Waals surface area (Å²) in [6.45, 7) is 1.69. The molecule has 6 nitrogen and oxygen atoms in total. The van der Waals surface area contributed by atoms with Crippen LogP contribution in [0.15, 0.2) is 0 Å². The first kappa shape index (κ1) is 14.9. The minimum Gasteiger partial charge on any atom is -0.279 e. The number of nitrogens with one attached hydrogen (secondary N) is 2. The maximum absolute atomic E-state index is 12.0. The SMILES string of the molecule is Cc1[nH]nc(NS(=O)(=O)CCC2CCCCC2)c1C#N. The van der Waals surface area contributed by atoms with E-state index in [-0.39, 0.29) is 17.1 Å². The van der Waals surface area contributed by atoms with Gasteiger partial charge < -0.3 is 0 Å². The lowest BCUT2D eigenvalue weighted by Crippen LogP contribution is -2.20. The highest BCUT2D eigenvalue weighted by Gasteiger charge is 2.20. The number of rotatable bonds is 5. The molecule has 1 saturated carbocycles. The number of hydrogen-bond donors (Lipinski definition) is 2. The second-order valence-corrected chi connectivity index (χ2v) is 7.24. The second-order valence-electron chi connectivity index (χ2n) is 5.40. The van der Waals surface area contributed by atoms with Gasteiger partial charge in [-0.3, -0.25) is 9.82 Å². The molecule has 1 heterocycles. The Hall–Kier alpha value is -1.55. The van der Waals surface area contributed by atoms with Crippen molar-refractivity contribution in [3.05, 3.63) is 11.3 Å². The van der Waals surface area contributed by atoms with Crippen LogP contribution < -0.4 is 4.72 Å². The zero-order valence-electron chi connectivity index (χ0n) is 11.6. The summed E-state index contributed by atoms with van der Waals surface area (Å²) in [5, 5.41) is 15.4. The molecule has 0 aromatic carbocycles. The van der Waals surface area contributed by atoms with Crippen LogP contribution in [0.4, 0.5) is 5.82 Å². The molecule has 1 aromatic rings. The van der Waals surface area contributed by atoms with Crippen molar-refractivity contribution in [1.29, 1.82) is 5.26 Å². The smallest absolute Gasteiger partial charge is 0.233 e. The quantitative estimate of drug-likeness (QED) is 0.871. The molecule has 0 bridgehead atoms. The normalized spacial score (nSPS) is 16.8. The molecule has 20 heavy (non-hydrogen) atoms. The third-order valence-corrected chi connectivity index (χ3v) is 5.11. The van der Waals surface area contributed by atoms with Gasteiger partial charge in [-0.1, -0.05) is 32.1 Å². The van der Waals surface area contributed by atoms with Crippen molar-refractivity contribution in [2.45, 2.75) is 45.4 Å². The van der Waals surface area contributed by atoms with Gasteiger partial charge in [0.05, 0.1) is 11.4 Å². The minimum absolute atomic E-state index is 0.0917. The van der Waals surface area contributed by atoms with E-state index in [1.54, 1.807) is 6.92 Å². The lowest BCUT2D eigenvalue weighted by molar-refractivity contribution is 0.350. The zero-order valence-corrected chi connectivity index (χ0v) is 12.5. The average Bonchev–Trinajstić information content (AvgIpc) is 2.77. The lowest BCUT2D eigenvalue weighted by atomic mass is 9.88. The van der Waals surface area contributed by atoms with Crippen LogP contribution in [0.1, 0.15) is 49.8 Å². The van der Waals surface area contributed by atoms with Crippen LogP contribution in [0.25, 0.3) is 0 Å². The molecule has 1 aromatic heterocycles. The summed E-state index contributed by atoms with van der Waals surface area (Å²) in [7, 11) is -3.44. The van der Waals surface area contributed by atoms with Crippen molar-refractivity contribution in [3.8, 4) is 6.07 Å². The predicted molar refractivity (Wildman–Crippen MR) is 76.6 cm³/mol. The van der Waals surface area contributed by atoms with Crippen LogP contribution in [-0.2, 0) is 10.0 Å². The monoisotopic (exact) mass is 296 g/mol. The summed E-state index contributed by atoms with van der Waals surface area (Å²) < 4.78 is 26.5. The average molecular weight is 296 g/mol. The lowest BCUT2D eigenvalue weighted by Gasteiger charge is -2.21. The van der Waals surface area contributed by atoms with E-state index in [1.807, 2.05) is 6.07 Å². The fourth-order valence-corrected chi connectivity index (χ4v) is 3.82. The van der Waals surface area contributed by atoms with E-state index in [9.17, 15) is 8.42 Å². The van der Waals surface area contributed by atoms with Crippen molar-refractivity contribution < 1.29 is 8.42 Å². The molecule has 2 rings (SSSR count). The van der Waals surface area contributed by atoms with Gasteiger partial charge in [-0.05, 0) is 19.3 Å². The number of sulfonamides is 1. The van der Waals surface area contributed by atoms with Gasteiger partial charge >= 0.3 is 0 Å². The fraction of sp³-hybridized carbons (Fsp3) is 0.692. The van der Waals surface area contributed by atoms with E-state index in [1.165, 1.54) is 19.3 Å². The molecule has 0 atom stereocenters. The Morgan fingerprint density at radius 2 is 2.10 bits per heavy atom. The van der Waals surface area contributed by atoms with Gasteiger partial charge in [0, 0.05) is 0 Å². The highest BCUT2D eigenvalue weighted by Crippen LogP contribution is 2.27. The molecule has 0 amide bonds. The third-order valence-electron chi connectivity index (χ3n) is 3.83. The highest BCUT2D eigenvalue weighted by molar-refractivity contribution is 7.92. The first-order valence-electron chi connectivity index (χ1n) is 6.97. The Morgan fingerprint density at radius 3 is 2.75 bits per heavy atom. The number of aromatic nitrogens is 2. The van der Waals surface area contributed by atoms with Crippen LogP contribution in [0.2, 0.25) is 0 Å². The number of aromatic amines is 1. The first-order chi connectivity index (χ1) is 9.52. The molecule has 1 aliphatic rings. The number of nitriles is 1. The Labute approximate surface area is 119 Å².